The Balaban J connectivity index is 2.07. The number of phenols is 1. The SMILES string of the molecule is O=C(COC(=O)c1cc(I)ccc1O)c1cccc([N+](=O)[O-])c1. The molecule has 2 rings (SSSR count). The molecule has 118 valence electrons. The fraction of sp³-hybridized carbons (Fsp3) is 0.0667. The van der Waals surface area contributed by atoms with Crippen molar-refractivity contribution >= 4 is 40.0 Å². The number of rotatable bonds is 5. The molecule has 0 unspecified atom stereocenters. The summed E-state index contributed by atoms with van der Waals surface area (Å²) in [6, 6.07) is 9.52. The normalized spacial score (nSPS) is 10.1. The van der Waals surface area contributed by atoms with Crippen molar-refractivity contribution < 1.29 is 24.4 Å². The van der Waals surface area contributed by atoms with Crippen LogP contribution in [-0.4, -0.2) is 28.4 Å². The van der Waals surface area contributed by atoms with Gasteiger partial charge in [0.15, 0.2) is 6.61 Å². The number of ether oxygens (including phenoxy) is 1. The van der Waals surface area contributed by atoms with E-state index in [1.165, 1.54) is 30.3 Å². The number of hydrogen-bond acceptors (Lipinski definition) is 6. The summed E-state index contributed by atoms with van der Waals surface area (Å²) >= 11 is 1.97. The van der Waals surface area contributed by atoms with Crippen LogP contribution < -0.4 is 0 Å². The fourth-order valence-electron chi connectivity index (χ4n) is 1.76. The lowest BCUT2D eigenvalue weighted by Crippen LogP contribution is -2.14. The van der Waals surface area contributed by atoms with Crippen LogP contribution in [0.1, 0.15) is 20.7 Å². The lowest BCUT2D eigenvalue weighted by molar-refractivity contribution is -0.384. The monoisotopic (exact) mass is 427 g/mol. The summed E-state index contributed by atoms with van der Waals surface area (Å²) in [5.74, 6) is -1.68. The largest absolute Gasteiger partial charge is 0.507 e. The van der Waals surface area contributed by atoms with Crippen molar-refractivity contribution in [2.24, 2.45) is 0 Å². The first-order valence-electron chi connectivity index (χ1n) is 6.32. The van der Waals surface area contributed by atoms with Crippen LogP contribution in [0, 0.1) is 13.7 Å². The van der Waals surface area contributed by atoms with E-state index in [0.29, 0.717) is 0 Å². The number of carbonyl (C=O) groups is 2. The van der Waals surface area contributed by atoms with Crippen LogP contribution >= 0.6 is 22.6 Å². The summed E-state index contributed by atoms with van der Waals surface area (Å²) in [5, 5.41) is 20.3. The molecular weight excluding hydrogens is 417 g/mol. The fourth-order valence-corrected chi connectivity index (χ4v) is 2.25. The highest BCUT2D eigenvalue weighted by molar-refractivity contribution is 14.1. The van der Waals surface area contributed by atoms with Gasteiger partial charge < -0.3 is 9.84 Å². The molecule has 2 aromatic rings. The van der Waals surface area contributed by atoms with E-state index in [1.807, 2.05) is 22.6 Å². The lowest BCUT2D eigenvalue weighted by atomic mass is 10.1. The number of nitro benzene ring substituents is 1. The van der Waals surface area contributed by atoms with Crippen LogP contribution in [0.25, 0.3) is 0 Å². The van der Waals surface area contributed by atoms with Crippen LogP contribution in [0.15, 0.2) is 42.5 Å². The van der Waals surface area contributed by atoms with E-state index in [-0.39, 0.29) is 22.6 Å². The Morgan fingerprint density at radius 2 is 1.96 bits per heavy atom. The maximum absolute atomic E-state index is 11.9. The summed E-state index contributed by atoms with van der Waals surface area (Å²) in [6.45, 7) is -0.578. The smallest absolute Gasteiger partial charge is 0.342 e. The third kappa shape index (κ3) is 4.25. The molecule has 0 amide bonds. The Hall–Kier alpha value is -2.49. The van der Waals surface area contributed by atoms with Gasteiger partial charge in [-0.3, -0.25) is 14.9 Å². The van der Waals surface area contributed by atoms with Gasteiger partial charge in [0.2, 0.25) is 5.78 Å². The van der Waals surface area contributed by atoms with Crippen LogP contribution in [0.5, 0.6) is 5.75 Å². The number of benzene rings is 2. The average molecular weight is 427 g/mol. The molecule has 0 aliphatic carbocycles. The molecule has 8 heteroatoms. The Bertz CT molecular complexity index is 789. The van der Waals surface area contributed by atoms with Gasteiger partial charge in [-0.1, -0.05) is 12.1 Å². The second-order valence-corrected chi connectivity index (χ2v) is 5.71. The first-order chi connectivity index (χ1) is 10.9. The minimum Gasteiger partial charge on any atom is -0.507 e. The first-order valence-corrected chi connectivity index (χ1v) is 7.39. The average Bonchev–Trinajstić information content (AvgIpc) is 2.54. The van der Waals surface area contributed by atoms with Gasteiger partial charge in [-0.25, -0.2) is 4.79 Å². The first kappa shape index (κ1) is 16.9. The van der Waals surface area contributed by atoms with Crippen molar-refractivity contribution in [2.45, 2.75) is 0 Å². The highest BCUT2D eigenvalue weighted by atomic mass is 127. The van der Waals surface area contributed by atoms with Gasteiger partial charge in [0.25, 0.3) is 5.69 Å². The van der Waals surface area contributed by atoms with E-state index in [2.05, 4.69) is 0 Å². The molecular formula is C15H10INO6. The number of ketones is 1. The highest BCUT2D eigenvalue weighted by Gasteiger charge is 2.17. The second kappa shape index (κ2) is 7.18. The Morgan fingerprint density at radius 1 is 1.22 bits per heavy atom. The van der Waals surface area contributed by atoms with Crippen LogP contribution in [0.4, 0.5) is 5.69 Å². The number of carbonyl (C=O) groups excluding carboxylic acids is 2. The Kier molecular flexibility index (Phi) is 5.27. The summed E-state index contributed by atoms with van der Waals surface area (Å²) in [7, 11) is 0. The van der Waals surface area contributed by atoms with Crippen molar-refractivity contribution in [2.75, 3.05) is 6.61 Å². The number of aromatic hydroxyl groups is 1. The summed E-state index contributed by atoms with van der Waals surface area (Å²) in [4.78, 5) is 33.9. The number of hydrogen-bond donors (Lipinski definition) is 1. The van der Waals surface area contributed by atoms with Crippen LogP contribution in [-0.2, 0) is 4.74 Å². The molecule has 0 spiro atoms. The molecule has 0 fully saturated rings. The predicted octanol–water partition coefficient (Wildman–Crippen LogP) is 2.94. The van der Waals surface area contributed by atoms with E-state index in [0.717, 1.165) is 9.64 Å². The van der Waals surface area contributed by atoms with Crippen LogP contribution in [0.3, 0.4) is 0 Å². The minimum atomic E-state index is -0.847. The molecule has 0 heterocycles. The minimum absolute atomic E-state index is 0.0521. The van der Waals surface area contributed by atoms with Gasteiger partial charge in [0, 0.05) is 21.3 Å². The molecule has 23 heavy (non-hydrogen) atoms. The molecule has 7 nitrogen and oxygen atoms in total. The molecule has 0 aliphatic heterocycles. The zero-order chi connectivity index (χ0) is 17.0. The maximum atomic E-state index is 11.9. The van der Waals surface area contributed by atoms with Crippen molar-refractivity contribution in [3.8, 4) is 5.75 Å². The summed E-state index contributed by atoms with van der Waals surface area (Å²) < 4.78 is 5.58. The van der Waals surface area contributed by atoms with Crippen molar-refractivity contribution in [1.29, 1.82) is 0 Å². The number of non-ortho nitro benzene ring substituents is 1. The third-order valence-electron chi connectivity index (χ3n) is 2.89. The quantitative estimate of drug-likeness (QED) is 0.259. The molecule has 0 bridgehead atoms. The molecule has 0 saturated heterocycles. The number of Topliss-reactive ketones (excluding diaryl/α,β-unsaturated/α-hetero) is 1. The van der Waals surface area contributed by atoms with Gasteiger partial charge in [0.05, 0.1) is 4.92 Å². The number of esters is 1. The Morgan fingerprint density at radius 3 is 2.65 bits per heavy atom. The predicted molar refractivity (Wildman–Crippen MR) is 88.5 cm³/mol. The highest BCUT2D eigenvalue weighted by Crippen LogP contribution is 2.21. The third-order valence-corrected chi connectivity index (χ3v) is 3.56. The zero-order valence-electron chi connectivity index (χ0n) is 11.6. The van der Waals surface area contributed by atoms with Gasteiger partial charge in [-0.05, 0) is 40.8 Å². The summed E-state index contributed by atoms with van der Waals surface area (Å²) in [6.07, 6.45) is 0. The zero-order valence-corrected chi connectivity index (χ0v) is 13.7. The van der Waals surface area contributed by atoms with Crippen LogP contribution in [0.2, 0.25) is 0 Å². The second-order valence-electron chi connectivity index (χ2n) is 4.47. The van der Waals surface area contributed by atoms with E-state index in [4.69, 9.17) is 4.74 Å². The molecule has 2 aromatic carbocycles. The van der Waals surface area contributed by atoms with E-state index < -0.39 is 23.3 Å². The molecule has 0 saturated carbocycles. The molecule has 0 atom stereocenters. The van der Waals surface area contributed by atoms with E-state index >= 15 is 0 Å². The number of phenolic OH excluding ortho intramolecular Hbond substituents is 1. The van der Waals surface area contributed by atoms with Crippen molar-refractivity contribution in [3.05, 3.63) is 67.3 Å². The van der Waals surface area contributed by atoms with Crippen molar-refractivity contribution in [1.82, 2.24) is 0 Å². The van der Waals surface area contributed by atoms with Crippen molar-refractivity contribution in [3.63, 3.8) is 0 Å². The molecule has 0 aliphatic rings. The number of halogens is 1. The number of nitro groups is 1. The van der Waals surface area contributed by atoms with E-state index in [1.54, 1.807) is 6.07 Å². The Labute approximate surface area is 144 Å². The molecule has 0 radical (unpaired) electrons. The van der Waals surface area contributed by atoms with E-state index in [9.17, 15) is 24.8 Å². The van der Waals surface area contributed by atoms with Gasteiger partial charge in [-0.2, -0.15) is 0 Å². The standard InChI is InChI=1S/C15H10INO6/c16-10-4-5-13(18)12(7-10)15(20)23-8-14(19)9-2-1-3-11(6-9)17(21)22/h1-7,18H,8H2. The summed E-state index contributed by atoms with van der Waals surface area (Å²) in [5.41, 5.74) is -0.208. The topological polar surface area (TPSA) is 107 Å². The maximum Gasteiger partial charge on any atom is 0.342 e. The van der Waals surface area contributed by atoms with Gasteiger partial charge in [-0.15, -0.1) is 0 Å². The van der Waals surface area contributed by atoms with Gasteiger partial charge >= 0.3 is 5.97 Å². The lowest BCUT2D eigenvalue weighted by Gasteiger charge is -2.06. The molecule has 1 N–H and O–H groups in total. The number of nitrogens with zero attached hydrogens (tertiary/aromatic N) is 1. The van der Waals surface area contributed by atoms with Gasteiger partial charge in [0.1, 0.15) is 11.3 Å². The molecule has 0 aromatic heterocycles.